The number of aliphatic hydroxyl groups is 2. The molecule has 4 nitrogen and oxygen atoms in total. The molecule has 17 heavy (non-hydrogen) atoms. The first-order valence-electron chi connectivity index (χ1n) is 5.22. The topological polar surface area (TPSA) is 69.6 Å². The number of rotatable bonds is 4. The van der Waals surface area contributed by atoms with Crippen molar-refractivity contribution < 1.29 is 15.0 Å². The van der Waals surface area contributed by atoms with Crippen molar-refractivity contribution in [1.82, 2.24) is 5.32 Å². The van der Waals surface area contributed by atoms with E-state index in [-0.39, 0.29) is 19.1 Å². The van der Waals surface area contributed by atoms with Crippen molar-refractivity contribution in [3.8, 4) is 0 Å². The fourth-order valence-corrected chi connectivity index (χ4v) is 1.39. The molecule has 0 aliphatic rings. The molecule has 0 saturated heterocycles. The van der Waals surface area contributed by atoms with E-state index in [4.69, 9.17) is 21.8 Å². The third kappa shape index (κ3) is 3.43. The normalized spacial score (nSPS) is 11.4. The minimum absolute atomic E-state index is 0.338. The second kappa shape index (κ2) is 5.49. The lowest BCUT2D eigenvalue weighted by Gasteiger charge is -2.26. The Morgan fingerprint density at radius 3 is 2.47 bits per heavy atom. The van der Waals surface area contributed by atoms with E-state index in [0.29, 0.717) is 10.6 Å². The van der Waals surface area contributed by atoms with Crippen LogP contribution in [0.15, 0.2) is 18.2 Å². The van der Waals surface area contributed by atoms with E-state index >= 15 is 0 Å². The van der Waals surface area contributed by atoms with Gasteiger partial charge in [-0.15, -0.1) is 0 Å². The number of carbonyl (C=O) groups is 1. The predicted octanol–water partition coefficient (Wildman–Crippen LogP) is 1.12. The first-order chi connectivity index (χ1) is 7.91. The Morgan fingerprint density at radius 1 is 1.41 bits per heavy atom. The van der Waals surface area contributed by atoms with Crippen molar-refractivity contribution >= 4 is 17.5 Å². The van der Waals surface area contributed by atoms with Crippen molar-refractivity contribution in [1.29, 1.82) is 0 Å². The summed E-state index contributed by atoms with van der Waals surface area (Å²) < 4.78 is 0. The molecule has 1 amide bonds. The smallest absolute Gasteiger partial charge is 0.251 e. The van der Waals surface area contributed by atoms with Gasteiger partial charge in [0, 0.05) is 10.6 Å². The average molecular weight is 258 g/mol. The van der Waals surface area contributed by atoms with E-state index in [2.05, 4.69) is 5.32 Å². The molecule has 5 heteroatoms. The maximum atomic E-state index is 11.8. The molecule has 1 rings (SSSR count). The number of carbonyl (C=O) groups excluding carboxylic acids is 1. The highest BCUT2D eigenvalue weighted by molar-refractivity contribution is 6.31. The largest absolute Gasteiger partial charge is 0.394 e. The maximum Gasteiger partial charge on any atom is 0.251 e. The van der Waals surface area contributed by atoms with E-state index in [9.17, 15) is 4.79 Å². The van der Waals surface area contributed by atoms with Gasteiger partial charge in [-0.05, 0) is 31.5 Å². The average Bonchev–Trinajstić information content (AvgIpc) is 2.32. The number of benzene rings is 1. The molecular weight excluding hydrogens is 242 g/mol. The van der Waals surface area contributed by atoms with E-state index in [0.717, 1.165) is 5.56 Å². The number of hydrogen-bond acceptors (Lipinski definition) is 3. The summed E-state index contributed by atoms with van der Waals surface area (Å²) in [4.78, 5) is 11.8. The highest BCUT2D eigenvalue weighted by Gasteiger charge is 2.25. The molecule has 0 bridgehead atoms. The molecule has 0 aliphatic carbocycles. The highest BCUT2D eigenvalue weighted by Crippen LogP contribution is 2.17. The van der Waals surface area contributed by atoms with Gasteiger partial charge in [0.15, 0.2) is 0 Å². The summed E-state index contributed by atoms with van der Waals surface area (Å²) in [5, 5.41) is 21.2. The SMILES string of the molecule is Cc1ccc(C(=O)NC(C)(CO)CO)cc1Cl. The van der Waals surface area contributed by atoms with Crippen LogP contribution in [-0.4, -0.2) is 34.9 Å². The standard InChI is InChI=1S/C12H16ClNO3/c1-8-3-4-9(5-10(8)13)11(17)14-12(2,6-15)7-16/h3-5,15-16H,6-7H2,1-2H3,(H,14,17). The zero-order valence-corrected chi connectivity index (χ0v) is 10.6. The van der Waals surface area contributed by atoms with Crippen LogP contribution in [-0.2, 0) is 0 Å². The van der Waals surface area contributed by atoms with Gasteiger partial charge in [-0.3, -0.25) is 4.79 Å². The van der Waals surface area contributed by atoms with E-state index in [1.807, 2.05) is 6.92 Å². The summed E-state index contributed by atoms with van der Waals surface area (Å²) in [6.45, 7) is 2.72. The molecule has 0 radical (unpaired) electrons. The molecule has 0 spiro atoms. The lowest BCUT2D eigenvalue weighted by atomic mass is 10.0. The molecule has 0 unspecified atom stereocenters. The van der Waals surface area contributed by atoms with Crippen molar-refractivity contribution in [2.24, 2.45) is 0 Å². The van der Waals surface area contributed by atoms with Crippen LogP contribution in [0.4, 0.5) is 0 Å². The lowest BCUT2D eigenvalue weighted by Crippen LogP contribution is -2.51. The third-order valence-corrected chi connectivity index (χ3v) is 2.95. The van der Waals surface area contributed by atoms with E-state index in [1.165, 1.54) is 0 Å². The van der Waals surface area contributed by atoms with Crippen LogP contribution in [0.3, 0.4) is 0 Å². The van der Waals surface area contributed by atoms with Gasteiger partial charge in [0.1, 0.15) is 0 Å². The molecule has 0 atom stereocenters. The second-order valence-electron chi connectivity index (χ2n) is 4.29. The van der Waals surface area contributed by atoms with Gasteiger partial charge < -0.3 is 15.5 Å². The first-order valence-corrected chi connectivity index (χ1v) is 5.60. The number of hydrogen-bond donors (Lipinski definition) is 3. The Balaban J connectivity index is 2.86. The first kappa shape index (κ1) is 14.0. The summed E-state index contributed by atoms with van der Waals surface area (Å²) in [5.41, 5.74) is 0.248. The minimum atomic E-state index is -1.03. The molecule has 0 aliphatic heterocycles. The zero-order valence-electron chi connectivity index (χ0n) is 9.83. The Hall–Kier alpha value is -1.10. The molecule has 3 N–H and O–H groups in total. The number of nitrogens with one attached hydrogen (secondary N) is 1. The van der Waals surface area contributed by atoms with Gasteiger partial charge in [-0.25, -0.2) is 0 Å². The number of aryl methyl sites for hydroxylation is 1. The lowest BCUT2D eigenvalue weighted by molar-refractivity contribution is 0.0724. The van der Waals surface area contributed by atoms with E-state index < -0.39 is 5.54 Å². The van der Waals surface area contributed by atoms with Gasteiger partial charge in [-0.2, -0.15) is 0 Å². The Kier molecular flexibility index (Phi) is 4.51. The minimum Gasteiger partial charge on any atom is -0.394 e. The Labute approximate surface area is 105 Å². The van der Waals surface area contributed by atoms with Gasteiger partial charge in [-0.1, -0.05) is 17.7 Å². The summed E-state index contributed by atoms with van der Waals surface area (Å²) >= 11 is 5.92. The van der Waals surface area contributed by atoms with Gasteiger partial charge in [0.2, 0.25) is 0 Å². The Bertz CT molecular complexity index is 416. The fourth-order valence-electron chi connectivity index (χ4n) is 1.21. The fraction of sp³-hybridized carbons (Fsp3) is 0.417. The molecule has 1 aromatic rings. The van der Waals surface area contributed by atoms with Gasteiger partial charge >= 0.3 is 0 Å². The van der Waals surface area contributed by atoms with Crippen molar-refractivity contribution in [2.45, 2.75) is 19.4 Å². The molecule has 0 fully saturated rings. The molecular formula is C12H16ClNO3. The van der Waals surface area contributed by atoms with Crippen LogP contribution < -0.4 is 5.32 Å². The number of amides is 1. The molecule has 94 valence electrons. The molecule has 0 aromatic heterocycles. The molecule has 0 heterocycles. The summed E-state index contributed by atoms with van der Waals surface area (Å²) in [6.07, 6.45) is 0. The van der Waals surface area contributed by atoms with Crippen molar-refractivity contribution in [3.05, 3.63) is 34.3 Å². The number of aliphatic hydroxyl groups excluding tert-OH is 2. The van der Waals surface area contributed by atoms with E-state index in [1.54, 1.807) is 25.1 Å². The molecule has 1 aromatic carbocycles. The predicted molar refractivity (Wildman–Crippen MR) is 66.2 cm³/mol. The van der Waals surface area contributed by atoms with Crippen LogP contribution in [0.5, 0.6) is 0 Å². The second-order valence-corrected chi connectivity index (χ2v) is 4.70. The van der Waals surface area contributed by atoms with Crippen LogP contribution in [0.25, 0.3) is 0 Å². The summed E-state index contributed by atoms with van der Waals surface area (Å²) in [7, 11) is 0. The van der Waals surface area contributed by atoms with Gasteiger partial charge in [0.05, 0.1) is 18.8 Å². The van der Waals surface area contributed by atoms with Crippen LogP contribution in [0, 0.1) is 6.92 Å². The van der Waals surface area contributed by atoms with Crippen molar-refractivity contribution in [2.75, 3.05) is 13.2 Å². The zero-order chi connectivity index (χ0) is 13.1. The number of halogens is 1. The molecule has 0 saturated carbocycles. The van der Waals surface area contributed by atoms with Crippen molar-refractivity contribution in [3.63, 3.8) is 0 Å². The van der Waals surface area contributed by atoms with Crippen LogP contribution in [0.2, 0.25) is 5.02 Å². The summed E-state index contributed by atoms with van der Waals surface area (Å²) in [6, 6.07) is 4.94. The quantitative estimate of drug-likeness (QED) is 0.757. The van der Waals surface area contributed by atoms with Crippen LogP contribution >= 0.6 is 11.6 Å². The monoisotopic (exact) mass is 257 g/mol. The highest BCUT2D eigenvalue weighted by atomic mass is 35.5. The van der Waals surface area contributed by atoms with Crippen LogP contribution in [0.1, 0.15) is 22.8 Å². The maximum absolute atomic E-state index is 11.8. The third-order valence-electron chi connectivity index (χ3n) is 2.55. The summed E-state index contributed by atoms with van der Waals surface area (Å²) in [5.74, 6) is -0.377. The van der Waals surface area contributed by atoms with Gasteiger partial charge in [0.25, 0.3) is 5.91 Å². The Morgan fingerprint density at radius 2 is 2.00 bits per heavy atom.